The number of carbonyl (C=O) groups excluding carboxylic acids is 1. The highest BCUT2D eigenvalue weighted by Crippen LogP contribution is 2.13. The molecule has 0 bridgehead atoms. The van der Waals surface area contributed by atoms with E-state index in [1.165, 1.54) is 23.6 Å². The van der Waals surface area contributed by atoms with Crippen molar-refractivity contribution in [3.05, 3.63) is 45.7 Å². The third kappa shape index (κ3) is 3.14. The molecular weight excluding hydrogens is 262 g/mol. The van der Waals surface area contributed by atoms with Gasteiger partial charge in [-0.2, -0.15) is 5.26 Å². The van der Waals surface area contributed by atoms with E-state index in [0.717, 1.165) is 10.6 Å². The van der Waals surface area contributed by atoms with Crippen LogP contribution >= 0.6 is 11.3 Å². The molecule has 0 unspecified atom stereocenters. The normalized spacial score (nSPS) is 9.89. The number of hydrogen-bond acceptors (Lipinski definition) is 6. The standard InChI is InChI=1S/C13H11N3O2S/c1-9-12(19-8-16-9)4-6-18-13(17)10-3-2-5-15-11(10)7-14/h2-3,5,8H,4,6H2,1H3. The average molecular weight is 273 g/mol. The third-order valence-corrected chi connectivity index (χ3v) is 3.54. The number of ether oxygens (including phenoxy) is 1. The average Bonchev–Trinajstić information content (AvgIpc) is 2.84. The van der Waals surface area contributed by atoms with Crippen LogP contribution in [0.5, 0.6) is 0 Å². The third-order valence-electron chi connectivity index (χ3n) is 2.54. The summed E-state index contributed by atoms with van der Waals surface area (Å²) in [6, 6.07) is 5.01. The number of aryl methyl sites for hydroxylation is 1. The second-order valence-electron chi connectivity index (χ2n) is 3.76. The topological polar surface area (TPSA) is 75.9 Å². The van der Waals surface area contributed by atoms with Gasteiger partial charge in [0.1, 0.15) is 6.07 Å². The van der Waals surface area contributed by atoms with Gasteiger partial charge in [-0.05, 0) is 19.1 Å². The smallest absolute Gasteiger partial charge is 0.341 e. The molecule has 0 saturated carbocycles. The summed E-state index contributed by atoms with van der Waals surface area (Å²) >= 11 is 1.54. The lowest BCUT2D eigenvalue weighted by atomic mass is 10.2. The van der Waals surface area contributed by atoms with Crippen LogP contribution in [-0.2, 0) is 11.2 Å². The van der Waals surface area contributed by atoms with Crippen LogP contribution in [-0.4, -0.2) is 22.5 Å². The maximum atomic E-state index is 11.8. The Kier molecular flexibility index (Phi) is 4.21. The number of hydrogen-bond donors (Lipinski definition) is 0. The zero-order valence-electron chi connectivity index (χ0n) is 10.3. The van der Waals surface area contributed by atoms with Crippen LogP contribution in [0.25, 0.3) is 0 Å². The minimum Gasteiger partial charge on any atom is -0.462 e. The number of rotatable bonds is 4. The Balaban J connectivity index is 1.95. The number of pyridine rings is 1. The van der Waals surface area contributed by atoms with Gasteiger partial charge < -0.3 is 4.74 Å². The predicted octanol–water partition coefficient (Wildman–Crippen LogP) is 2.12. The van der Waals surface area contributed by atoms with Crippen LogP contribution in [0.2, 0.25) is 0 Å². The van der Waals surface area contributed by atoms with Crippen LogP contribution in [0.15, 0.2) is 23.8 Å². The van der Waals surface area contributed by atoms with Crippen molar-refractivity contribution >= 4 is 17.3 Å². The molecular formula is C13H11N3O2S. The van der Waals surface area contributed by atoms with Crippen molar-refractivity contribution in [1.29, 1.82) is 5.26 Å². The summed E-state index contributed by atoms with van der Waals surface area (Å²) in [5, 5.41) is 8.85. The molecule has 0 saturated heterocycles. The molecule has 0 aromatic carbocycles. The monoisotopic (exact) mass is 273 g/mol. The Morgan fingerprint density at radius 2 is 2.37 bits per heavy atom. The molecule has 0 aliphatic heterocycles. The lowest BCUT2D eigenvalue weighted by Gasteiger charge is -2.04. The van der Waals surface area contributed by atoms with Crippen LogP contribution < -0.4 is 0 Å². The number of esters is 1. The van der Waals surface area contributed by atoms with Crippen molar-refractivity contribution in [3.8, 4) is 6.07 Å². The fourth-order valence-electron chi connectivity index (χ4n) is 1.54. The first-order valence-corrected chi connectivity index (χ1v) is 6.51. The highest BCUT2D eigenvalue weighted by Gasteiger charge is 2.13. The van der Waals surface area contributed by atoms with Gasteiger partial charge in [0.05, 0.1) is 23.4 Å². The summed E-state index contributed by atoms with van der Waals surface area (Å²) in [5.41, 5.74) is 3.01. The van der Waals surface area contributed by atoms with Gasteiger partial charge >= 0.3 is 5.97 Å². The van der Waals surface area contributed by atoms with Crippen molar-refractivity contribution in [2.24, 2.45) is 0 Å². The van der Waals surface area contributed by atoms with Gasteiger partial charge in [0.2, 0.25) is 0 Å². The number of aromatic nitrogens is 2. The number of carbonyl (C=O) groups is 1. The van der Waals surface area contributed by atoms with E-state index in [9.17, 15) is 4.79 Å². The van der Waals surface area contributed by atoms with E-state index in [-0.39, 0.29) is 17.9 Å². The van der Waals surface area contributed by atoms with Gasteiger partial charge in [-0.3, -0.25) is 0 Å². The Morgan fingerprint density at radius 3 is 3.05 bits per heavy atom. The molecule has 0 atom stereocenters. The Hall–Kier alpha value is -2.26. The molecule has 0 aliphatic rings. The highest BCUT2D eigenvalue weighted by atomic mass is 32.1. The summed E-state index contributed by atoms with van der Waals surface area (Å²) in [6.45, 7) is 2.18. The van der Waals surface area contributed by atoms with Crippen LogP contribution in [0, 0.1) is 18.3 Å². The SMILES string of the molecule is Cc1ncsc1CCOC(=O)c1cccnc1C#N. The van der Waals surface area contributed by atoms with Gasteiger partial charge in [-0.15, -0.1) is 11.3 Å². The second-order valence-corrected chi connectivity index (χ2v) is 4.70. The molecule has 0 fully saturated rings. The summed E-state index contributed by atoms with van der Waals surface area (Å²) in [7, 11) is 0. The van der Waals surface area contributed by atoms with Gasteiger partial charge in [0, 0.05) is 17.5 Å². The minimum absolute atomic E-state index is 0.0847. The molecule has 2 aromatic heterocycles. The van der Waals surface area contributed by atoms with E-state index < -0.39 is 5.97 Å². The molecule has 6 heteroatoms. The van der Waals surface area contributed by atoms with Crippen molar-refractivity contribution < 1.29 is 9.53 Å². The van der Waals surface area contributed by atoms with Crippen LogP contribution in [0.1, 0.15) is 26.6 Å². The van der Waals surface area contributed by atoms with Gasteiger partial charge in [0.25, 0.3) is 0 Å². The maximum Gasteiger partial charge on any atom is 0.341 e. The quantitative estimate of drug-likeness (QED) is 0.797. The van der Waals surface area contributed by atoms with Crippen molar-refractivity contribution in [2.45, 2.75) is 13.3 Å². The number of nitrogens with zero attached hydrogens (tertiary/aromatic N) is 3. The highest BCUT2D eigenvalue weighted by molar-refractivity contribution is 7.09. The molecule has 0 spiro atoms. The van der Waals surface area contributed by atoms with Crippen molar-refractivity contribution in [1.82, 2.24) is 9.97 Å². The van der Waals surface area contributed by atoms with Crippen molar-refractivity contribution in [2.75, 3.05) is 6.61 Å². The molecule has 0 aliphatic carbocycles. The molecule has 0 amide bonds. The van der Waals surface area contributed by atoms with Crippen molar-refractivity contribution in [3.63, 3.8) is 0 Å². The van der Waals surface area contributed by atoms with Gasteiger partial charge in [-0.1, -0.05) is 0 Å². The molecule has 2 heterocycles. The van der Waals surface area contributed by atoms with E-state index in [2.05, 4.69) is 9.97 Å². The molecule has 19 heavy (non-hydrogen) atoms. The van der Waals surface area contributed by atoms with Gasteiger partial charge in [0.15, 0.2) is 5.69 Å². The first-order chi connectivity index (χ1) is 9.22. The van der Waals surface area contributed by atoms with Crippen LogP contribution in [0.3, 0.4) is 0 Å². The van der Waals surface area contributed by atoms with Gasteiger partial charge in [-0.25, -0.2) is 14.8 Å². The predicted molar refractivity (Wildman–Crippen MR) is 69.8 cm³/mol. The zero-order valence-corrected chi connectivity index (χ0v) is 11.1. The summed E-state index contributed by atoms with van der Waals surface area (Å²) in [4.78, 5) is 20.9. The second kappa shape index (κ2) is 6.07. The van der Waals surface area contributed by atoms with E-state index >= 15 is 0 Å². The lowest BCUT2D eigenvalue weighted by Crippen LogP contribution is -2.10. The Labute approximate surface area is 114 Å². The summed E-state index contributed by atoms with van der Waals surface area (Å²) in [5.74, 6) is -0.521. The summed E-state index contributed by atoms with van der Waals surface area (Å²) in [6.07, 6.45) is 2.10. The fraction of sp³-hybridized carbons (Fsp3) is 0.231. The van der Waals surface area contributed by atoms with E-state index in [0.29, 0.717) is 6.42 Å². The van der Waals surface area contributed by atoms with E-state index in [1.807, 2.05) is 13.0 Å². The molecule has 2 aromatic rings. The fourth-order valence-corrected chi connectivity index (χ4v) is 2.30. The Morgan fingerprint density at radius 1 is 1.53 bits per heavy atom. The van der Waals surface area contributed by atoms with E-state index in [1.54, 1.807) is 11.6 Å². The number of thiazole rings is 1. The molecule has 2 rings (SSSR count). The van der Waals surface area contributed by atoms with E-state index in [4.69, 9.17) is 10.00 Å². The van der Waals surface area contributed by atoms with Crippen LogP contribution in [0.4, 0.5) is 0 Å². The largest absolute Gasteiger partial charge is 0.462 e. The molecule has 5 nitrogen and oxygen atoms in total. The first-order valence-electron chi connectivity index (χ1n) is 5.63. The lowest BCUT2D eigenvalue weighted by molar-refractivity contribution is 0.0509. The first kappa shape index (κ1) is 13.2. The summed E-state index contributed by atoms with van der Waals surface area (Å²) < 4.78 is 5.15. The maximum absolute atomic E-state index is 11.8. The Bertz CT molecular complexity index is 631. The molecule has 96 valence electrons. The molecule has 0 N–H and O–H groups in total. The zero-order chi connectivity index (χ0) is 13.7. The molecule has 0 radical (unpaired) electrons. The number of nitriles is 1. The minimum atomic E-state index is -0.521.